The molecule has 21 heavy (non-hydrogen) atoms. The van der Waals surface area contributed by atoms with Gasteiger partial charge in [-0.2, -0.15) is 5.10 Å². The van der Waals surface area contributed by atoms with Crippen molar-refractivity contribution in [2.45, 2.75) is 58.5 Å². The average molecular weight is 408 g/mol. The molecular weight excluding hydrogens is 379 g/mol. The summed E-state index contributed by atoms with van der Waals surface area (Å²) in [4.78, 5) is 8.42. The normalized spacial score (nSPS) is 12.7. The van der Waals surface area contributed by atoms with E-state index in [4.69, 9.17) is 0 Å². The first-order valence-electron chi connectivity index (χ1n) is 7.47. The van der Waals surface area contributed by atoms with Crippen LogP contribution in [0.3, 0.4) is 0 Å². The SMILES string of the molecule is CCCCCCC(C)NC(=NC)NCc1ncnn1C.I. The summed E-state index contributed by atoms with van der Waals surface area (Å²) in [6, 6.07) is 0.428. The van der Waals surface area contributed by atoms with E-state index in [0.29, 0.717) is 12.6 Å². The Bertz CT molecular complexity index is 404. The van der Waals surface area contributed by atoms with Crippen LogP contribution in [0.4, 0.5) is 0 Å². The molecule has 0 saturated heterocycles. The van der Waals surface area contributed by atoms with E-state index in [9.17, 15) is 0 Å². The number of rotatable bonds is 8. The van der Waals surface area contributed by atoms with Gasteiger partial charge in [-0.1, -0.05) is 32.6 Å². The number of aromatic nitrogens is 3. The van der Waals surface area contributed by atoms with Crippen molar-refractivity contribution in [2.24, 2.45) is 12.0 Å². The molecule has 7 heteroatoms. The van der Waals surface area contributed by atoms with E-state index in [-0.39, 0.29) is 24.0 Å². The van der Waals surface area contributed by atoms with Gasteiger partial charge < -0.3 is 10.6 Å². The number of hydrogen-bond donors (Lipinski definition) is 2. The van der Waals surface area contributed by atoms with Crippen molar-refractivity contribution in [1.29, 1.82) is 0 Å². The second-order valence-electron chi connectivity index (χ2n) is 5.12. The number of guanidine groups is 1. The quantitative estimate of drug-likeness (QED) is 0.300. The maximum absolute atomic E-state index is 4.24. The first-order chi connectivity index (χ1) is 9.67. The Labute approximate surface area is 145 Å². The number of unbranched alkanes of at least 4 members (excludes halogenated alkanes) is 3. The zero-order valence-corrected chi connectivity index (χ0v) is 15.9. The van der Waals surface area contributed by atoms with Crippen LogP contribution < -0.4 is 10.6 Å². The van der Waals surface area contributed by atoms with Crippen molar-refractivity contribution in [1.82, 2.24) is 25.4 Å². The van der Waals surface area contributed by atoms with E-state index in [1.54, 1.807) is 18.1 Å². The summed E-state index contributed by atoms with van der Waals surface area (Å²) in [5, 5.41) is 10.7. The fourth-order valence-electron chi connectivity index (χ4n) is 2.02. The first-order valence-corrected chi connectivity index (χ1v) is 7.47. The van der Waals surface area contributed by atoms with Gasteiger partial charge in [-0.25, -0.2) is 4.98 Å². The third-order valence-electron chi connectivity index (χ3n) is 3.32. The van der Waals surface area contributed by atoms with Gasteiger partial charge in [0.1, 0.15) is 12.2 Å². The summed E-state index contributed by atoms with van der Waals surface area (Å²) in [6.07, 6.45) is 7.92. The predicted octanol–water partition coefficient (Wildman–Crippen LogP) is 2.46. The van der Waals surface area contributed by atoms with Crippen molar-refractivity contribution in [3.05, 3.63) is 12.2 Å². The molecule has 1 unspecified atom stereocenters. The maximum Gasteiger partial charge on any atom is 0.191 e. The van der Waals surface area contributed by atoms with Crippen molar-refractivity contribution in [3.63, 3.8) is 0 Å². The smallest absolute Gasteiger partial charge is 0.191 e. The highest BCUT2D eigenvalue weighted by Crippen LogP contribution is 2.05. The van der Waals surface area contributed by atoms with E-state index in [2.05, 4.69) is 39.6 Å². The Hall–Kier alpha value is -0.860. The predicted molar refractivity (Wildman–Crippen MR) is 98.0 cm³/mol. The zero-order valence-electron chi connectivity index (χ0n) is 13.6. The molecule has 1 rings (SSSR count). The summed E-state index contributed by atoms with van der Waals surface area (Å²) in [6.45, 7) is 5.06. The van der Waals surface area contributed by atoms with Crippen LogP contribution in [0.5, 0.6) is 0 Å². The van der Waals surface area contributed by atoms with Crippen molar-refractivity contribution >= 4 is 29.9 Å². The number of hydrogen-bond acceptors (Lipinski definition) is 3. The second-order valence-corrected chi connectivity index (χ2v) is 5.12. The van der Waals surface area contributed by atoms with E-state index >= 15 is 0 Å². The highest BCUT2D eigenvalue weighted by Gasteiger charge is 2.06. The first kappa shape index (κ1) is 20.1. The molecule has 0 bridgehead atoms. The van der Waals surface area contributed by atoms with Gasteiger partial charge in [-0.05, 0) is 13.3 Å². The van der Waals surface area contributed by atoms with Gasteiger partial charge in [0.15, 0.2) is 5.96 Å². The minimum Gasteiger partial charge on any atom is -0.354 e. The number of nitrogens with zero attached hydrogens (tertiary/aromatic N) is 4. The fourth-order valence-corrected chi connectivity index (χ4v) is 2.02. The lowest BCUT2D eigenvalue weighted by molar-refractivity contribution is 0.535. The maximum atomic E-state index is 4.24. The summed E-state index contributed by atoms with van der Waals surface area (Å²) in [5.74, 6) is 1.71. The van der Waals surface area contributed by atoms with Crippen LogP contribution in [-0.4, -0.2) is 33.8 Å². The Morgan fingerprint density at radius 3 is 2.71 bits per heavy atom. The van der Waals surface area contributed by atoms with Crippen molar-refractivity contribution in [3.8, 4) is 0 Å². The highest BCUT2D eigenvalue weighted by molar-refractivity contribution is 14.0. The van der Waals surface area contributed by atoms with Crippen LogP contribution >= 0.6 is 24.0 Å². The van der Waals surface area contributed by atoms with Crippen molar-refractivity contribution < 1.29 is 0 Å². The van der Waals surface area contributed by atoms with Crippen LogP contribution in [-0.2, 0) is 13.6 Å². The molecule has 122 valence electrons. The fraction of sp³-hybridized carbons (Fsp3) is 0.786. The molecule has 0 saturated carbocycles. The molecule has 1 atom stereocenters. The van der Waals surface area contributed by atoms with Gasteiger partial charge in [0.25, 0.3) is 0 Å². The summed E-state index contributed by atoms with van der Waals surface area (Å²) >= 11 is 0. The van der Waals surface area contributed by atoms with Gasteiger partial charge in [-0.3, -0.25) is 9.67 Å². The molecule has 0 spiro atoms. The number of halogens is 1. The lowest BCUT2D eigenvalue weighted by atomic mass is 10.1. The van der Waals surface area contributed by atoms with Gasteiger partial charge in [0.05, 0.1) is 6.54 Å². The van der Waals surface area contributed by atoms with Crippen molar-refractivity contribution in [2.75, 3.05) is 7.05 Å². The van der Waals surface area contributed by atoms with Gasteiger partial charge in [-0.15, -0.1) is 24.0 Å². The molecule has 0 aliphatic heterocycles. The molecule has 1 aromatic heterocycles. The van der Waals surface area contributed by atoms with Gasteiger partial charge in [0, 0.05) is 20.1 Å². The molecule has 1 aromatic rings. The van der Waals surface area contributed by atoms with E-state index < -0.39 is 0 Å². The van der Waals surface area contributed by atoms with E-state index in [0.717, 1.165) is 11.8 Å². The number of aliphatic imine (C=N–C) groups is 1. The standard InChI is InChI=1S/C14H28N6.HI/c1-5-6-7-8-9-12(2)19-14(15-3)16-10-13-17-11-18-20(13)4;/h11-12H,5-10H2,1-4H3,(H2,15,16,19);1H. The van der Waals surface area contributed by atoms with Crippen LogP contribution in [0.25, 0.3) is 0 Å². The molecule has 1 heterocycles. The lowest BCUT2D eigenvalue weighted by Crippen LogP contribution is -2.42. The molecule has 0 radical (unpaired) electrons. The summed E-state index contributed by atoms with van der Waals surface area (Å²) in [7, 11) is 3.67. The van der Waals surface area contributed by atoms with Crippen LogP contribution in [0.2, 0.25) is 0 Å². The van der Waals surface area contributed by atoms with Crippen LogP contribution in [0, 0.1) is 0 Å². The lowest BCUT2D eigenvalue weighted by Gasteiger charge is -2.17. The highest BCUT2D eigenvalue weighted by atomic mass is 127. The van der Waals surface area contributed by atoms with E-state index in [1.165, 1.54) is 32.1 Å². The zero-order chi connectivity index (χ0) is 14.8. The summed E-state index contributed by atoms with van der Waals surface area (Å²) in [5.41, 5.74) is 0. The van der Waals surface area contributed by atoms with Gasteiger partial charge in [0.2, 0.25) is 0 Å². The number of nitrogens with one attached hydrogen (secondary N) is 2. The molecule has 0 aromatic carbocycles. The Kier molecular flexibility index (Phi) is 11.3. The monoisotopic (exact) mass is 408 g/mol. The van der Waals surface area contributed by atoms with Crippen LogP contribution in [0.1, 0.15) is 51.8 Å². The van der Waals surface area contributed by atoms with Gasteiger partial charge >= 0.3 is 0 Å². The third kappa shape index (κ3) is 8.23. The topological polar surface area (TPSA) is 67.1 Å². The largest absolute Gasteiger partial charge is 0.354 e. The molecule has 0 aliphatic rings. The summed E-state index contributed by atoms with van der Waals surface area (Å²) < 4.78 is 1.76. The molecule has 0 fully saturated rings. The van der Waals surface area contributed by atoms with Crippen LogP contribution in [0.15, 0.2) is 11.3 Å². The van der Waals surface area contributed by atoms with E-state index in [1.807, 2.05) is 7.05 Å². The minimum absolute atomic E-state index is 0. The Morgan fingerprint density at radius 2 is 2.14 bits per heavy atom. The molecule has 6 nitrogen and oxygen atoms in total. The third-order valence-corrected chi connectivity index (χ3v) is 3.32. The Balaban J connectivity index is 0.00000400. The average Bonchev–Trinajstić information content (AvgIpc) is 2.85. The Morgan fingerprint density at radius 1 is 1.38 bits per heavy atom. The molecule has 0 amide bonds. The molecular formula is C14H29IN6. The molecule has 0 aliphatic carbocycles. The molecule has 2 N–H and O–H groups in total. The minimum atomic E-state index is 0. The second kappa shape index (κ2) is 11.8. The number of aryl methyl sites for hydroxylation is 1.